The summed E-state index contributed by atoms with van der Waals surface area (Å²) in [6, 6.07) is 8.40. The van der Waals surface area contributed by atoms with Crippen LogP contribution in [0, 0.1) is 6.92 Å². The number of thiazole rings is 1. The van der Waals surface area contributed by atoms with Gasteiger partial charge in [0.05, 0.1) is 18.9 Å². The number of aryl methyl sites for hydroxylation is 1. The molecule has 1 aromatic heterocycles. The van der Waals surface area contributed by atoms with Gasteiger partial charge in [0.25, 0.3) is 0 Å². The lowest BCUT2D eigenvalue weighted by atomic mass is 10.1. The molecular weight excluding hydrogens is 328 g/mol. The van der Waals surface area contributed by atoms with Crippen molar-refractivity contribution in [2.75, 3.05) is 32.1 Å². The molecule has 0 saturated carbocycles. The summed E-state index contributed by atoms with van der Waals surface area (Å²) in [5, 5.41) is 2.08. The summed E-state index contributed by atoms with van der Waals surface area (Å²) in [5.41, 5.74) is 3.40. The molecule has 0 aliphatic carbocycles. The first kappa shape index (κ1) is 16.5. The SMILES string of the molecule is Cc1ccc(-c2csc(SCCC(=O)N3CCOCC3)n2)cc1. The molecule has 1 saturated heterocycles. The molecule has 0 spiro atoms. The Kier molecular flexibility index (Phi) is 5.70. The maximum atomic E-state index is 12.1. The number of hydrogen-bond donors (Lipinski definition) is 0. The summed E-state index contributed by atoms with van der Waals surface area (Å²) in [4.78, 5) is 18.6. The van der Waals surface area contributed by atoms with Gasteiger partial charge in [-0.25, -0.2) is 4.98 Å². The highest BCUT2D eigenvalue weighted by Crippen LogP contribution is 2.28. The van der Waals surface area contributed by atoms with Crippen LogP contribution >= 0.6 is 23.1 Å². The van der Waals surface area contributed by atoms with Crippen LogP contribution in [0.4, 0.5) is 0 Å². The average molecular weight is 348 g/mol. The number of carbonyl (C=O) groups excluding carboxylic acids is 1. The number of ether oxygens (including phenoxy) is 1. The smallest absolute Gasteiger partial charge is 0.223 e. The molecule has 2 aromatic rings. The van der Waals surface area contributed by atoms with Crippen LogP contribution in [0.5, 0.6) is 0 Å². The fourth-order valence-electron chi connectivity index (χ4n) is 2.38. The average Bonchev–Trinajstić information content (AvgIpc) is 3.05. The Hall–Kier alpha value is -1.37. The summed E-state index contributed by atoms with van der Waals surface area (Å²) >= 11 is 3.30. The van der Waals surface area contributed by atoms with Gasteiger partial charge in [0.2, 0.25) is 5.91 Å². The van der Waals surface area contributed by atoms with Crippen LogP contribution in [-0.2, 0) is 9.53 Å². The summed E-state index contributed by atoms with van der Waals surface area (Å²) in [7, 11) is 0. The molecule has 0 bridgehead atoms. The van der Waals surface area contributed by atoms with Crippen molar-refractivity contribution >= 4 is 29.0 Å². The fourth-order valence-corrected chi connectivity index (χ4v) is 4.21. The van der Waals surface area contributed by atoms with Gasteiger partial charge in [-0.3, -0.25) is 4.79 Å². The van der Waals surface area contributed by atoms with Crippen molar-refractivity contribution in [3.63, 3.8) is 0 Å². The van der Waals surface area contributed by atoms with E-state index in [9.17, 15) is 4.79 Å². The molecular formula is C17H20N2O2S2. The third-order valence-corrected chi connectivity index (χ3v) is 5.76. The molecule has 3 rings (SSSR count). The van der Waals surface area contributed by atoms with Gasteiger partial charge in [0.15, 0.2) is 4.34 Å². The zero-order chi connectivity index (χ0) is 16.1. The van der Waals surface area contributed by atoms with Gasteiger partial charge in [0, 0.05) is 36.2 Å². The van der Waals surface area contributed by atoms with Gasteiger partial charge in [0.1, 0.15) is 0 Å². The number of carbonyl (C=O) groups is 1. The van der Waals surface area contributed by atoms with Crippen molar-refractivity contribution in [1.82, 2.24) is 9.88 Å². The monoisotopic (exact) mass is 348 g/mol. The molecule has 0 radical (unpaired) electrons. The third-order valence-electron chi connectivity index (χ3n) is 3.74. The topological polar surface area (TPSA) is 42.4 Å². The zero-order valence-corrected chi connectivity index (χ0v) is 14.8. The number of morpholine rings is 1. The molecule has 2 heterocycles. The second-order valence-electron chi connectivity index (χ2n) is 5.46. The van der Waals surface area contributed by atoms with Crippen molar-refractivity contribution in [3.05, 3.63) is 35.2 Å². The van der Waals surface area contributed by atoms with E-state index in [0.29, 0.717) is 19.6 Å². The van der Waals surface area contributed by atoms with Crippen LogP contribution in [0.3, 0.4) is 0 Å². The Bertz CT molecular complexity index is 649. The number of thioether (sulfide) groups is 1. The number of hydrogen-bond acceptors (Lipinski definition) is 5. The molecule has 23 heavy (non-hydrogen) atoms. The predicted octanol–water partition coefficient (Wildman–Crippen LogP) is 3.46. The standard InChI is InChI=1S/C17H20N2O2S2/c1-13-2-4-14(5-3-13)15-12-23-17(18-15)22-11-6-16(20)19-7-9-21-10-8-19/h2-5,12H,6-11H2,1H3. The van der Waals surface area contributed by atoms with E-state index in [2.05, 4.69) is 41.6 Å². The van der Waals surface area contributed by atoms with Gasteiger partial charge in [-0.05, 0) is 6.92 Å². The van der Waals surface area contributed by atoms with Gasteiger partial charge < -0.3 is 9.64 Å². The van der Waals surface area contributed by atoms with Gasteiger partial charge in [-0.2, -0.15) is 0 Å². The summed E-state index contributed by atoms with van der Waals surface area (Å²) in [6.45, 7) is 4.84. The highest BCUT2D eigenvalue weighted by molar-refractivity contribution is 8.01. The number of rotatable bonds is 5. The lowest BCUT2D eigenvalue weighted by Crippen LogP contribution is -2.40. The first-order valence-electron chi connectivity index (χ1n) is 7.73. The number of nitrogens with zero attached hydrogens (tertiary/aromatic N) is 2. The van der Waals surface area contributed by atoms with Crippen molar-refractivity contribution in [1.29, 1.82) is 0 Å². The summed E-state index contributed by atoms with van der Waals surface area (Å²) in [6.07, 6.45) is 0.560. The molecule has 4 nitrogen and oxygen atoms in total. The minimum atomic E-state index is 0.219. The molecule has 0 N–H and O–H groups in total. The molecule has 6 heteroatoms. The van der Waals surface area contributed by atoms with Gasteiger partial charge >= 0.3 is 0 Å². The Morgan fingerprint density at radius 1 is 1.30 bits per heavy atom. The van der Waals surface area contributed by atoms with E-state index in [1.54, 1.807) is 23.1 Å². The second kappa shape index (κ2) is 7.95. The maximum Gasteiger partial charge on any atom is 0.223 e. The quantitative estimate of drug-likeness (QED) is 0.776. The lowest BCUT2D eigenvalue weighted by Gasteiger charge is -2.26. The van der Waals surface area contributed by atoms with E-state index < -0.39 is 0 Å². The first-order chi connectivity index (χ1) is 11.2. The predicted molar refractivity (Wildman–Crippen MR) is 95.0 cm³/mol. The van der Waals surface area contributed by atoms with Crippen LogP contribution in [0.1, 0.15) is 12.0 Å². The molecule has 1 aliphatic rings. The van der Waals surface area contributed by atoms with Crippen LogP contribution < -0.4 is 0 Å². The van der Waals surface area contributed by atoms with Crippen LogP contribution in [0.25, 0.3) is 11.3 Å². The summed E-state index contributed by atoms with van der Waals surface area (Å²) in [5.74, 6) is 0.993. The molecule has 1 aromatic carbocycles. The highest BCUT2D eigenvalue weighted by atomic mass is 32.2. The fraction of sp³-hybridized carbons (Fsp3) is 0.412. The van der Waals surface area contributed by atoms with E-state index in [-0.39, 0.29) is 5.91 Å². The zero-order valence-electron chi connectivity index (χ0n) is 13.2. The van der Waals surface area contributed by atoms with Gasteiger partial charge in [-0.1, -0.05) is 41.6 Å². The first-order valence-corrected chi connectivity index (χ1v) is 9.60. The van der Waals surface area contributed by atoms with Gasteiger partial charge in [-0.15, -0.1) is 11.3 Å². The molecule has 1 fully saturated rings. The highest BCUT2D eigenvalue weighted by Gasteiger charge is 2.16. The van der Waals surface area contributed by atoms with Crippen molar-refractivity contribution in [2.24, 2.45) is 0 Å². The van der Waals surface area contributed by atoms with Crippen molar-refractivity contribution in [3.8, 4) is 11.3 Å². The second-order valence-corrected chi connectivity index (χ2v) is 7.66. The van der Waals surface area contributed by atoms with E-state index >= 15 is 0 Å². The molecule has 122 valence electrons. The van der Waals surface area contributed by atoms with E-state index in [1.165, 1.54) is 5.56 Å². The molecule has 1 aliphatic heterocycles. The maximum absolute atomic E-state index is 12.1. The van der Waals surface area contributed by atoms with E-state index in [0.717, 1.165) is 34.4 Å². The number of benzene rings is 1. The number of aromatic nitrogens is 1. The Balaban J connectivity index is 1.49. The minimum absolute atomic E-state index is 0.219. The van der Waals surface area contributed by atoms with Crippen LogP contribution in [0.15, 0.2) is 34.0 Å². The van der Waals surface area contributed by atoms with Crippen LogP contribution in [0.2, 0.25) is 0 Å². The lowest BCUT2D eigenvalue weighted by molar-refractivity contribution is -0.134. The third kappa shape index (κ3) is 4.56. The molecule has 0 atom stereocenters. The summed E-state index contributed by atoms with van der Waals surface area (Å²) < 4.78 is 6.29. The molecule has 0 unspecified atom stereocenters. The van der Waals surface area contributed by atoms with E-state index in [1.807, 2.05) is 4.90 Å². The van der Waals surface area contributed by atoms with Crippen molar-refractivity contribution < 1.29 is 9.53 Å². The minimum Gasteiger partial charge on any atom is -0.378 e. The Labute approximate surface area is 144 Å². The van der Waals surface area contributed by atoms with Crippen molar-refractivity contribution in [2.45, 2.75) is 17.7 Å². The Morgan fingerprint density at radius 3 is 2.78 bits per heavy atom. The van der Waals surface area contributed by atoms with Crippen LogP contribution in [-0.4, -0.2) is 47.8 Å². The normalized spacial score (nSPS) is 14.9. The van der Waals surface area contributed by atoms with E-state index in [4.69, 9.17) is 4.74 Å². The number of amides is 1. The molecule has 1 amide bonds. The Morgan fingerprint density at radius 2 is 2.04 bits per heavy atom. The largest absolute Gasteiger partial charge is 0.378 e.